The van der Waals surface area contributed by atoms with Crippen LogP contribution >= 0.6 is 22.6 Å². The number of hydrogen-bond acceptors (Lipinski definition) is 6. The molecule has 0 saturated heterocycles. The summed E-state index contributed by atoms with van der Waals surface area (Å²) in [6.07, 6.45) is 8.99. The van der Waals surface area contributed by atoms with Gasteiger partial charge in [-0.1, -0.05) is 12.1 Å². The molecule has 2 amide bonds. The molecule has 2 atom stereocenters. The molecule has 1 heterocycles. The van der Waals surface area contributed by atoms with Gasteiger partial charge in [0, 0.05) is 43.2 Å². The van der Waals surface area contributed by atoms with Crippen molar-refractivity contribution in [3.8, 4) is 0 Å². The molecular weight excluding hydrogens is 621 g/mol. The number of hydrogen-bond donors (Lipinski definition) is 7. The SMILES string of the molecule is N=C(N)NCCCCC(=O)NC1=CC2C(C=C1)Cc1ccc(NC(=O)CCCCNC(=N)I)cc1S2(=O)=O. The lowest BCUT2D eigenvalue weighted by Gasteiger charge is -2.32. The molecule has 206 valence electrons. The van der Waals surface area contributed by atoms with Crippen molar-refractivity contribution in [2.24, 2.45) is 11.7 Å². The molecule has 1 aliphatic carbocycles. The van der Waals surface area contributed by atoms with Crippen LogP contribution in [0, 0.1) is 16.7 Å². The number of fused-ring (bicyclic) bond motifs is 2. The lowest BCUT2D eigenvalue weighted by atomic mass is 9.91. The average molecular weight is 656 g/mol. The van der Waals surface area contributed by atoms with Gasteiger partial charge in [0.15, 0.2) is 19.6 Å². The molecule has 13 heteroatoms. The Bertz CT molecular complexity index is 1250. The predicted octanol–water partition coefficient (Wildman–Crippen LogP) is 2.29. The van der Waals surface area contributed by atoms with E-state index in [1.165, 1.54) is 6.07 Å². The van der Waals surface area contributed by atoms with E-state index >= 15 is 0 Å². The number of carbonyl (C=O) groups excluding carboxylic acids is 2. The minimum Gasteiger partial charge on any atom is -0.370 e. The van der Waals surface area contributed by atoms with Crippen molar-refractivity contribution < 1.29 is 18.0 Å². The van der Waals surface area contributed by atoms with Gasteiger partial charge in [0.1, 0.15) is 0 Å². The number of anilines is 1. The Morgan fingerprint density at radius 3 is 2.32 bits per heavy atom. The molecule has 2 aliphatic rings. The van der Waals surface area contributed by atoms with Crippen molar-refractivity contribution in [2.75, 3.05) is 18.4 Å². The molecule has 0 aromatic heterocycles. The van der Waals surface area contributed by atoms with Crippen molar-refractivity contribution in [1.29, 1.82) is 10.8 Å². The van der Waals surface area contributed by atoms with Gasteiger partial charge in [-0.2, -0.15) is 0 Å². The van der Waals surface area contributed by atoms with Crippen LogP contribution in [0.3, 0.4) is 0 Å². The van der Waals surface area contributed by atoms with Crippen LogP contribution in [-0.2, 0) is 25.8 Å². The van der Waals surface area contributed by atoms with Crippen LogP contribution in [0.4, 0.5) is 5.69 Å². The molecular formula is C25H34IN7O4S. The molecule has 11 nitrogen and oxygen atoms in total. The lowest BCUT2D eigenvalue weighted by Crippen LogP contribution is -2.37. The number of amides is 2. The van der Waals surface area contributed by atoms with Crippen LogP contribution in [0.5, 0.6) is 0 Å². The lowest BCUT2D eigenvalue weighted by molar-refractivity contribution is -0.120. The van der Waals surface area contributed by atoms with E-state index in [-0.39, 0.29) is 35.0 Å². The standard InChI is InChI=1S/C25H34IN7O4S/c26-24(27)30-11-3-1-5-22(34)32-18-9-7-16-13-17-8-10-19(15-21(17)38(36,37)20(16)14-18)33-23(35)6-2-4-12-31-25(28)29/h7-10,14-15,17,21H,1-6,11-13H2,(H2,27,30)(H,32,34)(H,33,35)(H4,28,29,31). The Morgan fingerprint density at radius 1 is 1.00 bits per heavy atom. The number of carbonyl (C=O) groups is 2. The van der Waals surface area contributed by atoms with Gasteiger partial charge in [-0.3, -0.25) is 20.4 Å². The maximum Gasteiger partial charge on any atom is 0.224 e. The number of unbranched alkanes of at least 4 members (excludes halogenated alkanes) is 2. The first-order valence-electron chi connectivity index (χ1n) is 12.5. The van der Waals surface area contributed by atoms with E-state index in [0.717, 1.165) is 6.42 Å². The van der Waals surface area contributed by atoms with Crippen LogP contribution < -0.4 is 27.0 Å². The molecule has 1 aromatic rings. The molecule has 2 unspecified atom stereocenters. The number of nitrogens with one attached hydrogen (secondary N) is 6. The first kappa shape index (κ1) is 29.6. The number of amidine groups is 1. The summed E-state index contributed by atoms with van der Waals surface area (Å²) in [7, 11) is -3.73. The largest absolute Gasteiger partial charge is 0.370 e. The van der Waals surface area contributed by atoms with Crippen LogP contribution in [0.25, 0.3) is 0 Å². The van der Waals surface area contributed by atoms with Gasteiger partial charge < -0.3 is 27.0 Å². The van der Waals surface area contributed by atoms with Gasteiger partial charge in [0.2, 0.25) is 11.8 Å². The van der Waals surface area contributed by atoms with E-state index in [2.05, 4.69) is 21.3 Å². The molecule has 8 N–H and O–H groups in total. The molecule has 1 aromatic carbocycles. The first-order valence-corrected chi connectivity index (χ1v) is 15.1. The highest BCUT2D eigenvalue weighted by molar-refractivity contribution is 14.1. The number of sulfone groups is 1. The Balaban J connectivity index is 1.59. The zero-order chi connectivity index (χ0) is 27.7. The fourth-order valence-corrected chi connectivity index (χ4v) is 6.78. The fourth-order valence-electron chi connectivity index (χ4n) is 4.44. The third kappa shape index (κ3) is 8.55. The first-order chi connectivity index (χ1) is 18.1. The van der Waals surface area contributed by atoms with E-state index in [4.69, 9.17) is 16.6 Å². The third-order valence-corrected chi connectivity index (χ3v) is 8.88. The highest BCUT2D eigenvalue weighted by atomic mass is 127. The third-order valence-electron chi connectivity index (χ3n) is 6.30. The van der Waals surface area contributed by atoms with Crippen molar-refractivity contribution >= 4 is 59.7 Å². The summed E-state index contributed by atoms with van der Waals surface area (Å²) >= 11 is 1.88. The van der Waals surface area contributed by atoms with Crippen molar-refractivity contribution in [3.05, 3.63) is 47.7 Å². The van der Waals surface area contributed by atoms with Crippen LogP contribution in [-0.4, -0.2) is 48.4 Å². The second-order valence-corrected chi connectivity index (χ2v) is 12.4. The van der Waals surface area contributed by atoms with E-state index < -0.39 is 15.1 Å². The minimum atomic E-state index is -3.73. The van der Waals surface area contributed by atoms with Crippen LogP contribution in [0.2, 0.25) is 0 Å². The van der Waals surface area contributed by atoms with Gasteiger partial charge in [0.25, 0.3) is 0 Å². The number of halogens is 1. The molecule has 0 saturated carbocycles. The Hall–Kier alpha value is -2.94. The topological polar surface area (TPSA) is 190 Å². The van der Waals surface area contributed by atoms with Crippen LogP contribution in [0.1, 0.15) is 44.1 Å². The summed E-state index contributed by atoms with van der Waals surface area (Å²) in [5, 5.41) is 24.8. The Labute approximate surface area is 236 Å². The normalized spacial score (nSPS) is 18.8. The Kier molecular flexibility index (Phi) is 10.7. The number of rotatable bonds is 12. The van der Waals surface area contributed by atoms with Crippen LogP contribution in [0.15, 0.2) is 47.0 Å². The Morgan fingerprint density at radius 2 is 1.66 bits per heavy atom. The van der Waals surface area contributed by atoms with Crippen molar-refractivity contribution in [2.45, 2.75) is 55.1 Å². The highest BCUT2D eigenvalue weighted by Gasteiger charge is 2.40. The molecule has 38 heavy (non-hydrogen) atoms. The number of nitrogens with two attached hydrogens (primary N) is 1. The highest BCUT2D eigenvalue weighted by Crippen LogP contribution is 2.38. The van der Waals surface area contributed by atoms with Crippen molar-refractivity contribution in [1.82, 2.24) is 16.0 Å². The van der Waals surface area contributed by atoms with Crippen molar-refractivity contribution in [3.63, 3.8) is 0 Å². The van der Waals surface area contributed by atoms with Gasteiger partial charge >= 0.3 is 0 Å². The number of benzene rings is 1. The zero-order valence-electron chi connectivity index (χ0n) is 21.0. The molecule has 0 bridgehead atoms. The second kappa shape index (κ2) is 13.7. The number of allylic oxidation sites excluding steroid dienone is 2. The second-order valence-electron chi connectivity index (χ2n) is 9.27. The summed E-state index contributed by atoms with van der Waals surface area (Å²) in [4.78, 5) is 24.9. The monoisotopic (exact) mass is 655 g/mol. The molecule has 1 aliphatic heterocycles. The molecule has 0 fully saturated rings. The maximum atomic E-state index is 13.5. The molecule has 3 rings (SSSR count). The predicted molar refractivity (Wildman–Crippen MR) is 156 cm³/mol. The summed E-state index contributed by atoms with van der Waals surface area (Å²) in [6.45, 7) is 1.13. The summed E-state index contributed by atoms with van der Waals surface area (Å²) in [5.41, 5.74) is 6.84. The van der Waals surface area contributed by atoms with Gasteiger partial charge in [-0.25, -0.2) is 8.42 Å². The summed E-state index contributed by atoms with van der Waals surface area (Å²) < 4.78 is 27.4. The van der Waals surface area contributed by atoms with Gasteiger partial charge in [0.05, 0.1) is 10.1 Å². The minimum absolute atomic E-state index is 0.106. The van der Waals surface area contributed by atoms with Gasteiger partial charge in [-0.05, 0) is 84.5 Å². The smallest absolute Gasteiger partial charge is 0.224 e. The van der Waals surface area contributed by atoms with E-state index in [0.29, 0.717) is 66.0 Å². The maximum absolute atomic E-state index is 13.5. The quantitative estimate of drug-likeness (QED) is 0.0591. The number of guanidine groups is 1. The summed E-state index contributed by atoms with van der Waals surface area (Å²) in [5.74, 6) is -0.735. The molecule has 0 radical (unpaired) electrons. The van der Waals surface area contributed by atoms with Gasteiger partial charge in [-0.15, -0.1) is 0 Å². The molecule has 0 spiro atoms. The van der Waals surface area contributed by atoms with E-state index in [1.807, 2.05) is 28.7 Å². The average Bonchev–Trinajstić information content (AvgIpc) is 2.84. The van der Waals surface area contributed by atoms with E-state index in [9.17, 15) is 18.0 Å². The van der Waals surface area contributed by atoms with E-state index in [1.54, 1.807) is 24.3 Å². The fraction of sp³-hybridized carbons (Fsp3) is 0.440. The summed E-state index contributed by atoms with van der Waals surface area (Å²) in [6, 6.07) is 5.01. The zero-order valence-corrected chi connectivity index (χ0v) is 24.0.